The van der Waals surface area contributed by atoms with E-state index in [0.717, 1.165) is 48.0 Å². The molecule has 6 nitrogen and oxygen atoms in total. The third kappa shape index (κ3) is 3.77. The molecule has 1 saturated carbocycles. The van der Waals surface area contributed by atoms with E-state index in [4.69, 9.17) is 14.7 Å². The topological polar surface area (TPSA) is 62.3 Å². The van der Waals surface area contributed by atoms with Crippen molar-refractivity contribution in [1.29, 1.82) is 0 Å². The zero-order chi connectivity index (χ0) is 18.8. The number of rotatable bonds is 5. The van der Waals surface area contributed by atoms with Crippen molar-refractivity contribution in [3.63, 3.8) is 0 Å². The van der Waals surface area contributed by atoms with Gasteiger partial charge in [0.25, 0.3) is 0 Å². The molecule has 2 aromatic heterocycles. The molecular weight excluding hydrogens is 370 g/mol. The van der Waals surface area contributed by atoms with Crippen LogP contribution in [0.25, 0.3) is 10.2 Å². The van der Waals surface area contributed by atoms with Crippen molar-refractivity contribution < 1.29 is 4.74 Å². The van der Waals surface area contributed by atoms with Gasteiger partial charge in [0.15, 0.2) is 0 Å². The lowest BCUT2D eigenvalue weighted by molar-refractivity contribution is 0.122. The van der Waals surface area contributed by atoms with E-state index in [1.165, 1.54) is 31.4 Å². The number of nitrogens with one attached hydrogen (secondary N) is 2. The van der Waals surface area contributed by atoms with Crippen LogP contribution in [0.15, 0.2) is 35.7 Å². The van der Waals surface area contributed by atoms with E-state index in [9.17, 15) is 0 Å². The molecule has 28 heavy (non-hydrogen) atoms. The van der Waals surface area contributed by atoms with Gasteiger partial charge in [0.05, 0.1) is 23.4 Å². The maximum atomic E-state index is 5.44. The molecule has 1 saturated heterocycles. The number of hydrogen-bond acceptors (Lipinski definition) is 7. The summed E-state index contributed by atoms with van der Waals surface area (Å²) in [6, 6.07) is 11.1. The molecule has 5 rings (SSSR count). The fraction of sp³-hybridized carbons (Fsp3) is 0.429. The van der Waals surface area contributed by atoms with E-state index in [-0.39, 0.29) is 0 Å². The molecule has 1 aromatic carbocycles. The van der Waals surface area contributed by atoms with Gasteiger partial charge < -0.3 is 20.3 Å². The lowest BCUT2D eigenvalue weighted by Gasteiger charge is -2.28. The van der Waals surface area contributed by atoms with E-state index < -0.39 is 0 Å². The minimum absolute atomic E-state index is 0.529. The van der Waals surface area contributed by atoms with Gasteiger partial charge in [0.2, 0.25) is 5.95 Å². The Kier molecular flexibility index (Phi) is 5.01. The number of benzene rings is 1. The minimum Gasteiger partial charge on any atom is -0.378 e. The monoisotopic (exact) mass is 395 g/mol. The summed E-state index contributed by atoms with van der Waals surface area (Å²) in [6.45, 7) is 3.48. The maximum absolute atomic E-state index is 5.44. The smallest absolute Gasteiger partial charge is 0.229 e. The van der Waals surface area contributed by atoms with Gasteiger partial charge in [-0.2, -0.15) is 4.98 Å². The minimum atomic E-state index is 0.529. The van der Waals surface area contributed by atoms with Crippen LogP contribution in [0.4, 0.5) is 23.1 Å². The second-order valence-electron chi connectivity index (χ2n) is 7.43. The van der Waals surface area contributed by atoms with Crippen molar-refractivity contribution >= 4 is 44.7 Å². The van der Waals surface area contributed by atoms with Crippen LogP contribution >= 0.6 is 11.3 Å². The number of fused-ring (bicyclic) bond motifs is 1. The third-order valence-corrected chi connectivity index (χ3v) is 6.41. The molecule has 0 atom stereocenters. The maximum Gasteiger partial charge on any atom is 0.229 e. The number of thiophene rings is 1. The predicted octanol–water partition coefficient (Wildman–Crippen LogP) is 4.63. The average Bonchev–Trinajstić information content (AvgIpc) is 3.41. The van der Waals surface area contributed by atoms with Crippen molar-refractivity contribution in [1.82, 2.24) is 9.97 Å². The van der Waals surface area contributed by atoms with E-state index in [1.807, 2.05) is 0 Å². The summed E-state index contributed by atoms with van der Waals surface area (Å²) in [4.78, 5) is 11.8. The number of morpholine rings is 1. The van der Waals surface area contributed by atoms with Crippen LogP contribution in [-0.2, 0) is 4.74 Å². The second kappa shape index (κ2) is 7.93. The van der Waals surface area contributed by atoms with Crippen LogP contribution in [0.1, 0.15) is 25.7 Å². The summed E-state index contributed by atoms with van der Waals surface area (Å²) < 4.78 is 6.57. The van der Waals surface area contributed by atoms with E-state index in [0.29, 0.717) is 12.0 Å². The van der Waals surface area contributed by atoms with Crippen molar-refractivity contribution in [2.75, 3.05) is 41.8 Å². The standard InChI is InChI=1S/C21H25N5OS/c1-2-4-15(3-1)22-20-19-18(9-14-28-19)24-21(25-20)23-16-5-7-17(8-6-16)26-10-12-27-13-11-26/h5-9,14-15H,1-4,10-13H2,(H2,22,23,24,25). The first-order chi connectivity index (χ1) is 13.8. The highest BCUT2D eigenvalue weighted by atomic mass is 32.1. The first-order valence-electron chi connectivity index (χ1n) is 10.1. The van der Waals surface area contributed by atoms with Gasteiger partial charge in [-0.05, 0) is 48.6 Å². The summed E-state index contributed by atoms with van der Waals surface area (Å²) in [7, 11) is 0. The summed E-state index contributed by atoms with van der Waals surface area (Å²) in [5.74, 6) is 1.60. The molecule has 0 amide bonds. The highest BCUT2D eigenvalue weighted by Crippen LogP contribution is 2.31. The Morgan fingerprint density at radius 1 is 1.00 bits per heavy atom. The molecule has 2 N–H and O–H groups in total. The molecule has 0 unspecified atom stereocenters. The first kappa shape index (κ1) is 17.7. The first-order valence-corrected chi connectivity index (χ1v) is 10.9. The van der Waals surface area contributed by atoms with Crippen molar-refractivity contribution in [3.05, 3.63) is 35.7 Å². The molecule has 3 heterocycles. The quantitative estimate of drug-likeness (QED) is 0.657. The molecule has 0 spiro atoms. The fourth-order valence-corrected chi connectivity index (χ4v) is 4.77. The summed E-state index contributed by atoms with van der Waals surface area (Å²) in [5.41, 5.74) is 3.22. The molecule has 1 aliphatic heterocycles. The fourth-order valence-electron chi connectivity index (χ4n) is 3.99. The molecule has 1 aliphatic carbocycles. The van der Waals surface area contributed by atoms with E-state index >= 15 is 0 Å². The molecule has 0 bridgehead atoms. The van der Waals surface area contributed by atoms with Gasteiger partial charge in [-0.25, -0.2) is 4.98 Å². The number of aromatic nitrogens is 2. The predicted molar refractivity (Wildman–Crippen MR) is 116 cm³/mol. The van der Waals surface area contributed by atoms with Crippen LogP contribution in [0.5, 0.6) is 0 Å². The molecule has 2 fully saturated rings. The Morgan fingerprint density at radius 3 is 2.57 bits per heavy atom. The Bertz CT molecular complexity index is 930. The molecule has 7 heteroatoms. The summed E-state index contributed by atoms with van der Waals surface area (Å²) in [5, 5.41) is 9.11. The van der Waals surface area contributed by atoms with Gasteiger partial charge in [0.1, 0.15) is 5.82 Å². The molecule has 3 aromatic rings. The molecular formula is C21H25N5OS. The Hall–Kier alpha value is -2.38. The Labute approximate surface area is 168 Å². The normalized spacial score (nSPS) is 17.9. The highest BCUT2D eigenvalue weighted by molar-refractivity contribution is 7.17. The van der Waals surface area contributed by atoms with Crippen LogP contribution in [0.2, 0.25) is 0 Å². The van der Waals surface area contributed by atoms with Gasteiger partial charge in [-0.3, -0.25) is 0 Å². The van der Waals surface area contributed by atoms with Crippen molar-refractivity contribution in [3.8, 4) is 0 Å². The lowest BCUT2D eigenvalue weighted by Crippen LogP contribution is -2.36. The Balaban J connectivity index is 1.35. The van der Waals surface area contributed by atoms with Crippen molar-refractivity contribution in [2.24, 2.45) is 0 Å². The zero-order valence-corrected chi connectivity index (χ0v) is 16.7. The third-order valence-electron chi connectivity index (χ3n) is 5.50. The van der Waals surface area contributed by atoms with E-state index in [2.05, 4.69) is 51.2 Å². The van der Waals surface area contributed by atoms with E-state index in [1.54, 1.807) is 11.3 Å². The molecule has 2 aliphatic rings. The van der Waals surface area contributed by atoms with Crippen LogP contribution in [0, 0.1) is 0 Å². The van der Waals surface area contributed by atoms with Crippen LogP contribution in [-0.4, -0.2) is 42.3 Å². The Morgan fingerprint density at radius 2 is 1.79 bits per heavy atom. The summed E-state index contributed by atoms with van der Waals surface area (Å²) in [6.07, 6.45) is 5.05. The van der Waals surface area contributed by atoms with Gasteiger partial charge in [0, 0.05) is 30.5 Å². The van der Waals surface area contributed by atoms with Gasteiger partial charge in [-0.1, -0.05) is 12.8 Å². The highest BCUT2D eigenvalue weighted by Gasteiger charge is 2.18. The molecule has 146 valence electrons. The van der Waals surface area contributed by atoms with Gasteiger partial charge in [-0.15, -0.1) is 11.3 Å². The lowest BCUT2D eigenvalue weighted by atomic mass is 10.2. The van der Waals surface area contributed by atoms with Crippen molar-refractivity contribution in [2.45, 2.75) is 31.7 Å². The van der Waals surface area contributed by atoms with Gasteiger partial charge >= 0.3 is 0 Å². The SMILES string of the molecule is c1cc2nc(Nc3ccc(N4CCOCC4)cc3)nc(NC3CCCC3)c2s1. The largest absolute Gasteiger partial charge is 0.378 e. The van der Waals surface area contributed by atoms with Crippen LogP contribution < -0.4 is 15.5 Å². The molecule has 0 radical (unpaired) electrons. The second-order valence-corrected chi connectivity index (χ2v) is 8.34. The number of hydrogen-bond donors (Lipinski definition) is 2. The van der Waals surface area contributed by atoms with Crippen LogP contribution in [0.3, 0.4) is 0 Å². The number of ether oxygens (including phenoxy) is 1. The average molecular weight is 396 g/mol. The summed E-state index contributed by atoms with van der Waals surface area (Å²) >= 11 is 1.70. The number of nitrogens with zero attached hydrogens (tertiary/aromatic N) is 3. The number of anilines is 4. The zero-order valence-electron chi connectivity index (χ0n) is 15.9.